The van der Waals surface area contributed by atoms with Crippen molar-refractivity contribution < 1.29 is 4.79 Å². The molecule has 1 aromatic heterocycles. The van der Waals surface area contributed by atoms with Gasteiger partial charge in [0.2, 0.25) is 0 Å². The van der Waals surface area contributed by atoms with Crippen molar-refractivity contribution in [3.8, 4) is 0 Å². The summed E-state index contributed by atoms with van der Waals surface area (Å²) >= 11 is 1.67. The topological polar surface area (TPSA) is 35.6 Å². The Morgan fingerprint density at radius 2 is 1.85 bits per heavy atom. The van der Waals surface area contributed by atoms with Gasteiger partial charge in [0.1, 0.15) is 0 Å². The lowest BCUT2D eigenvalue weighted by Crippen LogP contribution is -2.34. The SMILES string of the molecule is CN(Cc1cccs1)C(=O)Nc1ccccc1CN(C)C1CCCCC1. The summed E-state index contributed by atoms with van der Waals surface area (Å²) in [6, 6.07) is 12.8. The Bertz CT molecular complexity index is 695. The quantitative estimate of drug-likeness (QED) is 0.760. The number of nitrogens with zero attached hydrogens (tertiary/aromatic N) is 2. The smallest absolute Gasteiger partial charge is 0.321 e. The second kappa shape index (κ2) is 9.19. The fourth-order valence-corrected chi connectivity index (χ4v) is 4.38. The second-order valence-electron chi connectivity index (χ2n) is 7.23. The number of carbonyl (C=O) groups excluding carboxylic acids is 1. The van der Waals surface area contributed by atoms with Gasteiger partial charge < -0.3 is 10.2 Å². The fraction of sp³-hybridized carbons (Fsp3) is 0.476. The Labute approximate surface area is 160 Å². The molecule has 0 unspecified atom stereocenters. The molecule has 1 fully saturated rings. The zero-order valence-corrected chi connectivity index (χ0v) is 16.6. The van der Waals surface area contributed by atoms with Gasteiger partial charge >= 0.3 is 6.03 Å². The van der Waals surface area contributed by atoms with Crippen LogP contribution in [0.2, 0.25) is 0 Å². The van der Waals surface area contributed by atoms with E-state index in [1.54, 1.807) is 16.2 Å². The van der Waals surface area contributed by atoms with Crippen LogP contribution in [0, 0.1) is 0 Å². The van der Waals surface area contributed by atoms with E-state index in [-0.39, 0.29) is 6.03 Å². The molecule has 5 heteroatoms. The molecular weight excluding hydrogens is 342 g/mol. The van der Waals surface area contributed by atoms with Crippen LogP contribution in [0.15, 0.2) is 41.8 Å². The Balaban J connectivity index is 1.61. The number of hydrogen-bond acceptors (Lipinski definition) is 3. The largest absolute Gasteiger partial charge is 0.322 e. The van der Waals surface area contributed by atoms with Crippen LogP contribution in [0.5, 0.6) is 0 Å². The highest BCUT2D eigenvalue weighted by atomic mass is 32.1. The number of carbonyl (C=O) groups is 1. The van der Waals surface area contributed by atoms with Crippen LogP contribution in [0.25, 0.3) is 0 Å². The lowest BCUT2D eigenvalue weighted by Gasteiger charge is -2.31. The van der Waals surface area contributed by atoms with Gasteiger partial charge in [0.25, 0.3) is 0 Å². The van der Waals surface area contributed by atoms with Gasteiger partial charge in [0, 0.05) is 30.2 Å². The van der Waals surface area contributed by atoms with E-state index < -0.39 is 0 Å². The van der Waals surface area contributed by atoms with E-state index >= 15 is 0 Å². The third-order valence-corrected chi connectivity index (χ3v) is 6.06. The molecule has 0 aliphatic heterocycles. The van der Waals surface area contributed by atoms with Crippen molar-refractivity contribution in [2.75, 3.05) is 19.4 Å². The number of hydrogen-bond donors (Lipinski definition) is 1. The van der Waals surface area contributed by atoms with Crippen LogP contribution in [0.4, 0.5) is 10.5 Å². The molecule has 1 saturated carbocycles. The highest BCUT2D eigenvalue weighted by molar-refractivity contribution is 7.09. The first-order valence-electron chi connectivity index (χ1n) is 9.46. The maximum Gasteiger partial charge on any atom is 0.321 e. The summed E-state index contributed by atoms with van der Waals surface area (Å²) in [5.74, 6) is 0. The van der Waals surface area contributed by atoms with Crippen LogP contribution < -0.4 is 5.32 Å². The third-order valence-electron chi connectivity index (χ3n) is 5.20. The number of anilines is 1. The summed E-state index contributed by atoms with van der Waals surface area (Å²) in [5.41, 5.74) is 2.09. The minimum absolute atomic E-state index is 0.0637. The van der Waals surface area contributed by atoms with E-state index in [1.807, 2.05) is 30.6 Å². The molecule has 3 rings (SSSR count). The molecule has 26 heavy (non-hydrogen) atoms. The molecule has 2 aromatic rings. The number of rotatable bonds is 6. The molecule has 1 aromatic carbocycles. The molecule has 1 N–H and O–H groups in total. The van der Waals surface area contributed by atoms with Crippen LogP contribution in [-0.4, -0.2) is 36.0 Å². The zero-order chi connectivity index (χ0) is 18.4. The molecule has 140 valence electrons. The molecule has 2 amide bonds. The highest BCUT2D eigenvalue weighted by Crippen LogP contribution is 2.25. The average Bonchev–Trinajstić information content (AvgIpc) is 3.17. The van der Waals surface area contributed by atoms with Gasteiger partial charge in [-0.05, 0) is 43.0 Å². The monoisotopic (exact) mass is 371 g/mol. The first-order chi connectivity index (χ1) is 12.6. The van der Waals surface area contributed by atoms with E-state index in [2.05, 4.69) is 35.5 Å². The maximum atomic E-state index is 12.6. The molecule has 1 aliphatic carbocycles. The number of nitrogens with one attached hydrogen (secondary N) is 1. The van der Waals surface area contributed by atoms with E-state index in [4.69, 9.17) is 0 Å². The Morgan fingerprint density at radius 1 is 1.08 bits per heavy atom. The number of urea groups is 1. The van der Waals surface area contributed by atoms with E-state index in [1.165, 1.54) is 42.5 Å². The Morgan fingerprint density at radius 3 is 2.58 bits per heavy atom. The normalized spacial score (nSPS) is 15.2. The van der Waals surface area contributed by atoms with Gasteiger partial charge in [-0.2, -0.15) is 0 Å². The summed E-state index contributed by atoms with van der Waals surface area (Å²) in [6.07, 6.45) is 6.61. The van der Waals surface area contributed by atoms with Gasteiger partial charge in [-0.3, -0.25) is 4.90 Å². The van der Waals surface area contributed by atoms with Crippen molar-refractivity contribution >= 4 is 23.1 Å². The zero-order valence-electron chi connectivity index (χ0n) is 15.8. The summed E-state index contributed by atoms with van der Waals surface area (Å²) in [6.45, 7) is 1.50. The Kier molecular flexibility index (Phi) is 6.69. The van der Waals surface area contributed by atoms with Crippen molar-refractivity contribution in [3.05, 3.63) is 52.2 Å². The van der Waals surface area contributed by atoms with Crippen LogP contribution in [-0.2, 0) is 13.1 Å². The standard InChI is InChI=1S/C21H29N3OS/c1-23(18-10-4-3-5-11-18)15-17-9-6-7-13-20(17)22-21(25)24(2)16-19-12-8-14-26-19/h6-9,12-14,18H,3-5,10-11,15-16H2,1-2H3,(H,22,25). The van der Waals surface area contributed by atoms with Gasteiger partial charge in [0.05, 0.1) is 6.54 Å². The molecule has 1 heterocycles. The fourth-order valence-electron chi connectivity index (χ4n) is 3.62. The number of amides is 2. The lowest BCUT2D eigenvalue weighted by atomic mass is 9.94. The summed E-state index contributed by atoms with van der Waals surface area (Å²) in [4.78, 5) is 17.9. The molecular formula is C21H29N3OS. The van der Waals surface area contributed by atoms with Gasteiger partial charge in [-0.25, -0.2) is 4.79 Å². The van der Waals surface area contributed by atoms with Crippen LogP contribution in [0.1, 0.15) is 42.5 Å². The van der Waals surface area contributed by atoms with Gasteiger partial charge in [-0.1, -0.05) is 43.5 Å². The summed E-state index contributed by atoms with van der Waals surface area (Å²) in [5, 5.41) is 5.14. The van der Waals surface area contributed by atoms with Crippen molar-refractivity contribution in [2.24, 2.45) is 0 Å². The van der Waals surface area contributed by atoms with E-state index in [0.29, 0.717) is 12.6 Å². The van der Waals surface area contributed by atoms with Gasteiger partial charge in [0.15, 0.2) is 0 Å². The minimum atomic E-state index is -0.0637. The summed E-state index contributed by atoms with van der Waals surface area (Å²) < 4.78 is 0. The molecule has 4 nitrogen and oxygen atoms in total. The number of thiophene rings is 1. The first-order valence-corrected chi connectivity index (χ1v) is 10.3. The van der Waals surface area contributed by atoms with Crippen LogP contribution >= 0.6 is 11.3 Å². The number of benzene rings is 1. The average molecular weight is 372 g/mol. The van der Waals surface area contributed by atoms with Crippen molar-refractivity contribution in [1.82, 2.24) is 9.80 Å². The lowest BCUT2D eigenvalue weighted by molar-refractivity contribution is 0.185. The van der Waals surface area contributed by atoms with Crippen molar-refractivity contribution in [3.63, 3.8) is 0 Å². The molecule has 0 atom stereocenters. The molecule has 0 saturated heterocycles. The van der Waals surface area contributed by atoms with Gasteiger partial charge in [-0.15, -0.1) is 11.3 Å². The molecule has 0 bridgehead atoms. The molecule has 1 aliphatic rings. The third kappa shape index (κ3) is 5.08. The van der Waals surface area contributed by atoms with E-state index in [9.17, 15) is 4.79 Å². The predicted molar refractivity (Wildman–Crippen MR) is 110 cm³/mol. The minimum Gasteiger partial charge on any atom is -0.322 e. The highest BCUT2D eigenvalue weighted by Gasteiger charge is 2.19. The second-order valence-corrected chi connectivity index (χ2v) is 8.26. The van der Waals surface area contributed by atoms with Crippen molar-refractivity contribution in [2.45, 2.75) is 51.2 Å². The predicted octanol–water partition coefficient (Wildman–Crippen LogP) is 5.18. The Hall–Kier alpha value is -1.85. The maximum absolute atomic E-state index is 12.6. The molecule has 0 radical (unpaired) electrons. The number of para-hydroxylation sites is 1. The van der Waals surface area contributed by atoms with Crippen LogP contribution in [0.3, 0.4) is 0 Å². The van der Waals surface area contributed by atoms with Crippen molar-refractivity contribution in [1.29, 1.82) is 0 Å². The van der Waals surface area contributed by atoms with E-state index in [0.717, 1.165) is 12.2 Å². The first kappa shape index (κ1) is 18.9. The summed E-state index contributed by atoms with van der Waals surface area (Å²) in [7, 11) is 4.04. The molecule has 0 spiro atoms.